The van der Waals surface area contributed by atoms with Gasteiger partial charge in [-0.25, -0.2) is 4.79 Å². The Morgan fingerprint density at radius 2 is 0.855 bits per heavy atom. The Morgan fingerprint density at radius 1 is 0.491 bits per heavy atom. The number of alkyl carbamates (subject to hydrolysis) is 1. The molecule has 0 atom stereocenters. The fraction of sp³-hybridized carbons (Fsp3) is 0.851. The van der Waals surface area contributed by atoms with Gasteiger partial charge in [0, 0.05) is 25.9 Å². The molecule has 8 heteroatoms. The van der Waals surface area contributed by atoms with Crippen LogP contribution in [0, 0.1) is 0 Å². The highest BCUT2D eigenvalue weighted by molar-refractivity contribution is 5.70. The number of nitrogens with zero attached hydrogens (tertiary/aromatic N) is 1. The van der Waals surface area contributed by atoms with E-state index in [-0.39, 0.29) is 25.2 Å². The molecule has 55 heavy (non-hydrogen) atoms. The molecule has 322 valence electrons. The van der Waals surface area contributed by atoms with Crippen LogP contribution in [0.4, 0.5) is 4.79 Å². The van der Waals surface area contributed by atoms with E-state index >= 15 is 0 Å². The summed E-state index contributed by atoms with van der Waals surface area (Å²) in [7, 11) is 2.02. The van der Waals surface area contributed by atoms with Crippen molar-refractivity contribution >= 4 is 18.0 Å². The first kappa shape index (κ1) is 52.6. The minimum atomic E-state index is -0.853. The van der Waals surface area contributed by atoms with E-state index in [2.05, 4.69) is 55.3 Å². The number of rotatable bonds is 41. The average molecular weight is 777 g/mol. The Labute approximate surface area is 339 Å². The van der Waals surface area contributed by atoms with Crippen molar-refractivity contribution in [3.63, 3.8) is 0 Å². The summed E-state index contributed by atoms with van der Waals surface area (Å²) < 4.78 is 16.5. The fourth-order valence-corrected chi connectivity index (χ4v) is 6.39. The van der Waals surface area contributed by atoms with Gasteiger partial charge in [-0.1, -0.05) is 154 Å². The van der Waals surface area contributed by atoms with E-state index in [0.29, 0.717) is 25.9 Å². The molecule has 0 saturated heterocycles. The van der Waals surface area contributed by atoms with Gasteiger partial charge in [0.2, 0.25) is 0 Å². The number of allylic oxidation sites excluding steroid dienone is 4. The van der Waals surface area contributed by atoms with Crippen molar-refractivity contribution in [1.82, 2.24) is 10.2 Å². The number of likely N-dealkylation sites (N-methyl/N-ethyl adjacent to an activating group) is 1. The van der Waals surface area contributed by atoms with E-state index in [1.54, 1.807) is 0 Å². The second kappa shape index (κ2) is 42.8. The van der Waals surface area contributed by atoms with Crippen LogP contribution in [-0.4, -0.2) is 68.9 Å². The summed E-state index contributed by atoms with van der Waals surface area (Å²) in [6, 6.07) is 0. The van der Waals surface area contributed by atoms with Gasteiger partial charge in [-0.3, -0.25) is 9.59 Å². The van der Waals surface area contributed by atoms with E-state index in [9.17, 15) is 14.4 Å². The first-order chi connectivity index (χ1) is 26.9. The summed E-state index contributed by atoms with van der Waals surface area (Å²) >= 11 is 0. The number of carbonyl (C=O) groups is 3. The van der Waals surface area contributed by atoms with Gasteiger partial charge in [-0.2, -0.15) is 0 Å². The molecule has 0 aliphatic rings. The van der Waals surface area contributed by atoms with Crippen LogP contribution in [0.5, 0.6) is 0 Å². The fourth-order valence-electron chi connectivity index (χ4n) is 6.39. The third-order valence-electron chi connectivity index (χ3n) is 10.1. The lowest BCUT2D eigenvalue weighted by Crippen LogP contribution is -2.38. The number of nitrogens with one attached hydrogen (secondary N) is 1. The number of esters is 2. The van der Waals surface area contributed by atoms with Crippen LogP contribution < -0.4 is 5.32 Å². The van der Waals surface area contributed by atoms with Crippen molar-refractivity contribution in [2.45, 2.75) is 219 Å². The van der Waals surface area contributed by atoms with Gasteiger partial charge in [-0.15, -0.1) is 0 Å². The number of amides is 1. The van der Waals surface area contributed by atoms with Crippen LogP contribution in [0.3, 0.4) is 0 Å². The van der Waals surface area contributed by atoms with Gasteiger partial charge in [-0.05, 0) is 84.2 Å². The number of carbonyl (C=O) groups excluding carboxylic acids is 3. The quantitative estimate of drug-likeness (QED) is 0.0286. The molecule has 0 aromatic rings. The Balaban J connectivity index is 4.30. The SMILES string of the molecule is CCCCCCCC/C=C\CCCCCCCC(=O)OCC(COC(=O)CCCCCCC/C=C\CCCCCCCC)OC(=O)NCCN(C)CCCC. The Hall–Kier alpha value is -2.35. The van der Waals surface area contributed by atoms with Crippen LogP contribution in [0.25, 0.3) is 0 Å². The van der Waals surface area contributed by atoms with Crippen molar-refractivity contribution < 1.29 is 28.6 Å². The van der Waals surface area contributed by atoms with Crippen molar-refractivity contribution in [3.8, 4) is 0 Å². The minimum absolute atomic E-state index is 0.131. The predicted molar refractivity (Wildman–Crippen MR) is 231 cm³/mol. The zero-order valence-electron chi connectivity index (χ0n) is 36.5. The molecule has 0 aromatic carbocycles. The molecule has 1 N–H and O–H groups in total. The second-order valence-electron chi connectivity index (χ2n) is 15.6. The molecule has 0 rings (SSSR count). The minimum Gasteiger partial charge on any atom is -0.462 e. The van der Waals surface area contributed by atoms with Crippen LogP contribution >= 0.6 is 0 Å². The van der Waals surface area contributed by atoms with Crippen molar-refractivity contribution in [2.75, 3.05) is 39.9 Å². The van der Waals surface area contributed by atoms with E-state index in [0.717, 1.165) is 83.6 Å². The van der Waals surface area contributed by atoms with E-state index in [1.165, 1.54) is 103 Å². The first-order valence-electron chi connectivity index (χ1n) is 23.2. The number of hydrogen-bond donors (Lipinski definition) is 1. The average Bonchev–Trinajstić information content (AvgIpc) is 3.18. The van der Waals surface area contributed by atoms with Crippen molar-refractivity contribution in [3.05, 3.63) is 24.3 Å². The highest BCUT2D eigenvalue weighted by Gasteiger charge is 2.19. The van der Waals surface area contributed by atoms with Crippen molar-refractivity contribution in [1.29, 1.82) is 0 Å². The van der Waals surface area contributed by atoms with Crippen LogP contribution in [0.15, 0.2) is 24.3 Å². The van der Waals surface area contributed by atoms with E-state index in [1.807, 2.05) is 7.05 Å². The maximum absolute atomic E-state index is 12.6. The normalized spacial score (nSPS) is 11.7. The first-order valence-corrected chi connectivity index (χ1v) is 23.2. The lowest BCUT2D eigenvalue weighted by molar-refractivity contribution is -0.152. The molecule has 0 fully saturated rings. The molecule has 1 amide bonds. The molecule has 0 spiro atoms. The van der Waals surface area contributed by atoms with Gasteiger partial charge in [0.05, 0.1) is 0 Å². The molecule has 8 nitrogen and oxygen atoms in total. The highest BCUT2D eigenvalue weighted by Crippen LogP contribution is 2.13. The zero-order valence-corrected chi connectivity index (χ0v) is 36.5. The van der Waals surface area contributed by atoms with Gasteiger partial charge in [0.1, 0.15) is 13.2 Å². The number of unbranched alkanes of at least 4 members (excludes halogenated alkanes) is 23. The standard InChI is InChI=1S/C47H88N2O6/c1-5-8-11-13-15-17-19-21-23-25-27-29-31-33-35-37-45(50)53-42-44(55-47(52)48-39-41-49(4)40-10-7-3)43-54-46(51)38-36-34-32-30-28-26-24-22-20-18-16-14-12-9-6-2/h21-24,44H,5-20,25-43H2,1-4H3,(H,48,52)/b23-21-,24-22-. The second-order valence-corrected chi connectivity index (χ2v) is 15.6. The Bertz CT molecular complexity index is 867. The summed E-state index contributed by atoms with van der Waals surface area (Å²) in [4.78, 5) is 39.7. The Morgan fingerprint density at radius 3 is 1.25 bits per heavy atom. The van der Waals surface area contributed by atoms with Crippen LogP contribution in [-0.2, 0) is 23.8 Å². The maximum atomic E-state index is 12.6. The molecule has 0 aromatic heterocycles. The van der Waals surface area contributed by atoms with Crippen LogP contribution in [0.2, 0.25) is 0 Å². The molecular formula is C47H88N2O6. The Kier molecular flexibility index (Phi) is 41.0. The predicted octanol–water partition coefficient (Wildman–Crippen LogP) is 13.0. The number of ether oxygens (including phenoxy) is 3. The summed E-state index contributed by atoms with van der Waals surface area (Å²) in [6.07, 6.45) is 41.9. The largest absolute Gasteiger partial charge is 0.462 e. The van der Waals surface area contributed by atoms with Gasteiger partial charge in [0.15, 0.2) is 6.10 Å². The highest BCUT2D eigenvalue weighted by atomic mass is 16.6. The van der Waals surface area contributed by atoms with E-state index < -0.39 is 12.2 Å². The number of hydrogen-bond acceptors (Lipinski definition) is 7. The summed E-state index contributed by atoms with van der Waals surface area (Å²) in [5, 5.41) is 2.77. The molecule has 0 unspecified atom stereocenters. The van der Waals surface area contributed by atoms with Gasteiger partial charge in [0.25, 0.3) is 0 Å². The molecule has 0 heterocycles. The zero-order chi connectivity index (χ0) is 40.3. The third-order valence-corrected chi connectivity index (χ3v) is 10.1. The third kappa shape index (κ3) is 41.1. The monoisotopic (exact) mass is 777 g/mol. The molecule has 0 bridgehead atoms. The summed E-state index contributed by atoms with van der Waals surface area (Å²) in [5.41, 5.74) is 0. The maximum Gasteiger partial charge on any atom is 0.407 e. The van der Waals surface area contributed by atoms with Crippen LogP contribution in [0.1, 0.15) is 213 Å². The van der Waals surface area contributed by atoms with Gasteiger partial charge < -0.3 is 24.4 Å². The summed E-state index contributed by atoms with van der Waals surface area (Å²) in [5.74, 6) is -0.632. The molecule has 0 aliphatic heterocycles. The molecule has 0 aliphatic carbocycles. The topological polar surface area (TPSA) is 94.2 Å². The lowest BCUT2D eigenvalue weighted by Gasteiger charge is -2.20. The van der Waals surface area contributed by atoms with Gasteiger partial charge >= 0.3 is 18.0 Å². The molecular weight excluding hydrogens is 689 g/mol. The van der Waals surface area contributed by atoms with E-state index in [4.69, 9.17) is 14.2 Å². The molecule has 0 radical (unpaired) electrons. The van der Waals surface area contributed by atoms with Crippen molar-refractivity contribution in [2.24, 2.45) is 0 Å². The lowest BCUT2D eigenvalue weighted by atomic mass is 10.1. The molecule has 0 saturated carbocycles. The smallest absolute Gasteiger partial charge is 0.407 e. The summed E-state index contributed by atoms with van der Waals surface area (Å²) in [6.45, 7) is 8.52.